The fraction of sp³-hybridized carbons (Fsp3) is 0.533. The van der Waals surface area contributed by atoms with Crippen molar-refractivity contribution >= 4 is 11.8 Å². The molecule has 1 heterocycles. The SMILES string of the molecule is CC(C)CC(NC(=O)c1ccnc(CN)c1)C(=O)N(C)C. The summed E-state index contributed by atoms with van der Waals surface area (Å²) in [7, 11) is 3.36. The Kier molecular flexibility index (Phi) is 6.30. The number of rotatable bonds is 6. The lowest BCUT2D eigenvalue weighted by molar-refractivity contribution is -0.131. The van der Waals surface area contributed by atoms with Gasteiger partial charge in [0.1, 0.15) is 6.04 Å². The minimum Gasteiger partial charge on any atom is -0.347 e. The Hall–Kier alpha value is -1.95. The smallest absolute Gasteiger partial charge is 0.252 e. The Morgan fingerprint density at radius 1 is 1.38 bits per heavy atom. The maximum Gasteiger partial charge on any atom is 0.252 e. The van der Waals surface area contributed by atoms with Gasteiger partial charge in [0.25, 0.3) is 5.91 Å². The predicted molar refractivity (Wildman–Crippen MR) is 81.5 cm³/mol. The summed E-state index contributed by atoms with van der Waals surface area (Å²) in [6, 6.07) is 2.73. The molecule has 6 heteroatoms. The standard InChI is InChI=1S/C15H24N4O2/c1-10(2)7-13(15(21)19(3)4)18-14(20)11-5-6-17-12(8-11)9-16/h5-6,8,10,13H,7,9,16H2,1-4H3,(H,18,20). The molecule has 1 unspecified atom stereocenters. The zero-order valence-corrected chi connectivity index (χ0v) is 13.1. The minimum absolute atomic E-state index is 0.106. The van der Waals surface area contributed by atoms with E-state index in [1.807, 2.05) is 13.8 Å². The van der Waals surface area contributed by atoms with Crippen LogP contribution in [0.15, 0.2) is 18.3 Å². The van der Waals surface area contributed by atoms with Gasteiger partial charge in [-0.2, -0.15) is 0 Å². The first kappa shape index (κ1) is 17.1. The Morgan fingerprint density at radius 3 is 2.57 bits per heavy atom. The van der Waals surface area contributed by atoms with E-state index in [4.69, 9.17) is 5.73 Å². The van der Waals surface area contributed by atoms with Crippen LogP contribution in [0.3, 0.4) is 0 Å². The molecule has 0 radical (unpaired) electrons. The van der Waals surface area contributed by atoms with Crippen LogP contribution >= 0.6 is 0 Å². The van der Waals surface area contributed by atoms with E-state index in [2.05, 4.69) is 10.3 Å². The Balaban J connectivity index is 2.86. The number of carbonyl (C=O) groups excluding carboxylic acids is 2. The molecule has 0 bridgehead atoms. The molecule has 0 saturated carbocycles. The van der Waals surface area contributed by atoms with Crippen molar-refractivity contribution in [1.29, 1.82) is 0 Å². The van der Waals surface area contributed by atoms with Crippen LogP contribution in [-0.4, -0.2) is 41.8 Å². The van der Waals surface area contributed by atoms with Crippen molar-refractivity contribution in [2.45, 2.75) is 32.9 Å². The fourth-order valence-corrected chi connectivity index (χ4v) is 1.98. The molecule has 0 spiro atoms. The quantitative estimate of drug-likeness (QED) is 0.810. The normalized spacial score (nSPS) is 12.1. The number of nitrogens with one attached hydrogen (secondary N) is 1. The summed E-state index contributed by atoms with van der Waals surface area (Å²) in [5.41, 5.74) is 6.62. The van der Waals surface area contributed by atoms with Gasteiger partial charge in [-0.05, 0) is 24.5 Å². The fourth-order valence-electron chi connectivity index (χ4n) is 1.98. The molecule has 116 valence electrons. The highest BCUT2D eigenvalue weighted by Crippen LogP contribution is 2.09. The van der Waals surface area contributed by atoms with Crippen LogP contribution in [0.25, 0.3) is 0 Å². The third-order valence-corrected chi connectivity index (χ3v) is 3.04. The van der Waals surface area contributed by atoms with Crippen LogP contribution in [0.2, 0.25) is 0 Å². The van der Waals surface area contributed by atoms with Crippen LogP contribution < -0.4 is 11.1 Å². The Labute approximate surface area is 125 Å². The lowest BCUT2D eigenvalue weighted by atomic mass is 10.0. The number of hydrogen-bond donors (Lipinski definition) is 2. The lowest BCUT2D eigenvalue weighted by Crippen LogP contribution is -2.46. The van der Waals surface area contributed by atoms with E-state index in [1.165, 1.54) is 4.90 Å². The molecule has 0 aromatic carbocycles. The van der Waals surface area contributed by atoms with Crippen molar-refractivity contribution < 1.29 is 9.59 Å². The molecule has 1 aromatic heterocycles. The van der Waals surface area contributed by atoms with Gasteiger partial charge in [0.15, 0.2) is 0 Å². The number of amides is 2. The van der Waals surface area contributed by atoms with E-state index >= 15 is 0 Å². The summed E-state index contributed by atoms with van der Waals surface area (Å²) >= 11 is 0. The van der Waals surface area contributed by atoms with Gasteiger partial charge in [0.05, 0.1) is 5.69 Å². The van der Waals surface area contributed by atoms with Gasteiger partial charge in [-0.3, -0.25) is 14.6 Å². The first-order chi connectivity index (χ1) is 9.85. The number of likely N-dealkylation sites (N-methyl/N-ethyl adjacent to an activating group) is 1. The third-order valence-electron chi connectivity index (χ3n) is 3.04. The Bertz CT molecular complexity index is 500. The molecule has 3 N–H and O–H groups in total. The molecule has 6 nitrogen and oxygen atoms in total. The topological polar surface area (TPSA) is 88.3 Å². The van der Waals surface area contributed by atoms with Crippen molar-refractivity contribution in [2.24, 2.45) is 11.7 Å². The lowest BCUT2D eigenvalue weighted by Gasteiger charge is -2.23. The highest BCUT2D eigenvalue weighted by atomic mass is 16.2. The van der Waals surface area contributed by atoms with E-state index in [0.29, 0.717) is 23.6 Å². The molecular formula is C15H24N4O2. The number of hydrogen-bond acceptors (Lipinski definition) is 4. The van der Waals surface area contributed by atoms with Crippen LogP contribution in [-0.2, 0) is 11.3 Å². The predicted octanol–water partition coefficient (Wildman–Crippen LogP) is 0.773. The van der Waals surface area contributed by atoms with Gasteiger partial charge in [0, 0.05) is 32.4 Å². The monoisotopic (exact) mass is 292 g/mol. The largest absolute Gasteiger partial charge is 0.347 e. The third kappa shape index (κ3) is 5.15. The maximum atomic E-state index is 12.3. The second-order valence-corrected chi connectivity index (χ2v) is 5.63. The molecule has 0 aliphatic rings. The number of pyridine rings is 1. The summed E-state index contributed by atoms with van der Waals surface area (Å²) in [6.45, 7) is 4.30. The Morgan fingerprint density at radius 2 is 2.05 bits per heavy atom. The van der Waals surface area contributed by atoms with Crippen LogP contribution in [0.1, 0.15) is 36.3 Å². The molecule has 1 rings (SSSR count). The van der Waals surface area contributed by atoms with Crippen molar-refractivity contribution in [3.63, 3.8) is 0 Å². The first-order valence-electron chi connectivity index (χ1n) is 7.02. The number of nitrogens with zero attached hydrogens (tertiary/aromatic N) is 2. The molecule has 1 aromatic rings. The molecule has 0 fully saturated rings. The molecular weight excluding hydrogens is 268 g/mol. The van der Waals surface area contributed by atoms with E-state index in [-0.39, 0.29) is 18.4 Å². The van der Waals surface area contributed by atoms with Gasteiger partial charge in [-0.1, -0.05) is 13.8 Å². The molecule has 2 amide bonds. The van der Waals surface area contributed by atoms with Crippen LogP contribution in [0, 0.1) is 5.92 Å². The van der Waals surface area contributed by atoms with Crippen molar-refractivity contribution in [1.82, 2.24) is 15.2 Å². The summed E-state index contributed by atoms with van der Waals surface area (Å²) < 4.78 is 0. The highest BCUT2D eigenvalue weighted by molar-refractivity contribution is 5.97. The summed E-state index contributed by atoms with van der Waals surface area (Å²) in [5.74, 6) is -0.0886. The van der Waals surface area contributed by atoms with Crippen LogP contribution in [0.4, 0.5) is 0 Å². The summed E-state index contributed by atoms with van der Waals surface area (Å²) in [6.07, 6.45) is 2.14. The van der Waals surface area contributed by atoms with E-state index < -0.39 is 6.04 Å². The summed E-state index contributed by atoms with van der Waals surface area (Å²) in [5, 5.41) is 2.80. The number of aromatic nitrogens is 1. The average molecular weight is 292 g/mol. The molecule has 21 heavy (non-hydrogen) atoms. The first-order valence-corrected chi connectivity index (χ1v) is 7.02. The van der Waals surface area contributed by atoms with Crippen LogP contribution in [0.5, 0.6) is 0 Å². The number of carbonyl (C=O) groups is 2. The maximum absolute atomic E-state index is 12.3. The van der Waals surface area contributed by atoms with Crippen molar-refractivity contribution in [3.05, 3.63) is 29.6 Å². The van der Waals surface area contributed by atoms with E-state index in [9.17, 15) is 9.59 Å². The minimum atomic E-state index is -0.526. The molecule has 0 aliphatic heterocycles. The zero-order valence-electron chi connectivity index (χ0n) is 13.1. The number of nitrogens with two attached hydrogens (primary N) is 1. The second kappa shape index (κ2) is 7.73. The van der Waals surface area contributed by atoms with Gasteiger partial charge in [-0.15, -0.1) is 0 Å². The highest BCUT2D eigenvalue weighted by Gasteiger charge is 2.23. The van der Waals surface area contributed by atoms with Crippen molar-refractivity contribution in [2.75, 3.05) is 14.1 Å². The summed E-state index contributed by atoms with van der Waals surface area (Å²) in [4.78, 5) is 30.0. The van der Waals surface area contributed by atoms with Gasteiger partial charge in [-0.25, -0.2) is 0 Å². The molecule has 0 saturated heterocycles. The van der Waals surface area contributed by atoms with E-state index in [1.54, 1.807) is 32.4 Å². The molecule has 0 aliphatic carbocycles. The molecule has 1 atom stereocenters. The van der Waals surface area contributed by atoms with E-state index in [0.717, 1.165) is 0 Å². The average Bonchev–Trinajstić information content (AvgIpc) is 2.45. The second-order valence-electron chi connectivity index (χ2n) is 5.63. The van der Waals surface area contributed by atoms with Gasteiger partial charge < -0.3 is 16.0 Å². The van der Waals surface area contributed by atoms with Crippen molar-refractivity contribution in [3.8, 4) is 0 Å². The zero-order chi connectivity index (χ0) is 16.0. The van der Waals surface area contributed by atoms with Gasteiger partial charge in [0.2, 0.25) is 5.91 Å². The van der Waals surface area contributed by atoms with Gasteiger partial charge >= 0.3 is 0 Å².